The first-order valence-corrected chi connectivity index (χ1v) is 15.8. The summed E-state index contributed by atoms with van der Waals surface area (Å²) in [5.74, 6) is 1.21. The van der Waals surface area contributed by atoms with Crippen LogP contribution in [0.5, 0.6) is 11.5 Å². The van der Waals surface area contributed by atoms with Gasteiger partial charge in [-0.15, -0.1) is 29.8 Å². The maximum absolute atomic E-state index is 6.57. The Balaban J connectivity index is 0.00000314. The zero-order valence-electron chi connectivity index (χ0n) is 26.4. The van der Waals surface area contributed by atoms with Crippen LogP contribution in [0.4, 0.5) is 0 Å². The van der Waals surface area contributed by atoms with Gasteiger partial charge < -0.3 is 13.7 Å². The van der Waals surface area contributed by atoms with Gasteiger partial charge >= 0.3 is 21.1 Å². The van der Waals surface area contributed by atoms with E-state index in [4.69, 9.17) is 19.7 Å². The van der Waals surface area contributed by atoms with Crippen LogP contribution < -0.4 is 4.74 Å². The second-order valence-electron chi connectivity index (χ2n) is 12.8. The molecule has 0 amide bonds. The van der Waals surface area contributed by atoms with Gasteiger partial charge in [-0.25, -0.2) is 9.97 Å². The monoisotopic (exact) mass is 800 g/mol. The molecule has 6 heterocycles. The molecule has 0 saturated carbocycles. The third-order valence-electron chi connectivity index (χ3n) is 9.81. The quantitative estimate of drug-likeness (QED) is 0.132. The van der Waals surface area contributed by atoms with Crippen molar-refractivity contribution in [2.75, 3.05) is 0 Å². The molecule has 5 aromatic heterocycles. The van der Waals surface area contributed by atoms with Crippen molar-refractivity contribution in [2.24, 2.45) is 0 Å². The van der Waals surface area contributed by atoms with Crippen LogP contribution in [-0.4, -0.2) is 23.9 Å². The summed E-state index contributed by atoms with van der Waals surface area (Å²) < 4.78 is 10.9. The number of imidazole rings is 1. The SMILES string of the molecule is Cc1ccccc1-c1cn2c(n1)c1[c-]c(Oc3[c-]c4c(cc3)C(C)(C)c3cccc5c6cccnc6n-4c35)ccc1c1cccnc12.[Pt+2]. The molecule has 1 aliphatic heterocycles. The predicted octanol–water partition coefficient (Wildman–Crippen LogP) is 9.53. The van der Waals surface area contributed by atoms with Gasteiger partial charge in [-0.05, 0) is 47.1 Å². The number of fused-ring (bicyclic) bond motifs is 11. The van der Waals surface area contributed by atoms with E-state index >= 15 is 0 Å². The number of nitrogens with zero attached hydrogens (tertiary/aromatic N) is 5. The summed E-state index contributed by atoms with van der Waals surface area (Å²) in [6.45, 7) is 6.67. The first kappa shape index (κ1) is 28.9. The summed E-state index contributed by atoms with van der Waals surface area (Å²) in [5, 5.41) is 5.25. The second kappa shape index (κ2) is 10.3. The van der Waals surface area contributed by atoms with Gasteiger partial charge in [0, 0.05) is 46.4 Å². The zero-order valence-corrected chi connectivity index (χ0v) is 28.6. The van der Waals surface area contributed by atoms with Crippen LogP contribution >= 0.6 is 0 Å². The fraction of sp³-hybridized carbons (Fsp3) is 0.0976. The first-order chi connectivity index (χ1) is 23.0. The van der Waals surface area contributed by atoms with Crippen molar-refractivity contribution in [2.45, 2.75) is 26.2 Å². The molecule has 0 saturated heterocycles. The normalized spacial score (nSPS) is 13.3. The van der Waals surface area contributed by atoms with E-state index in [0.29, 0.717) is 11.5 Å². The third-order valence-corrected chi connectivity index (χ3v) is 9.81. The Bertz CT molecular complexity index is 2780. The number of rotatable bonds is 3. The van der Waals surface area contributed by atoms with E-state index in [9.17, 15) is 0 Å². The Kier molecular flexibility index (Phi) is 6.22. The number of ether oxygens (including phenoxy) is 1. The molecule has 0 spiro atoms. The molecule has 0 atom stereocenters. The molecular formula is C41H27N5OPt. The molecule has 0 fully saturated rings. The molecular weight excluding hydrogens is 774 g/mol. The Labute approximate surface area is 290 Å². The molecule has 0 aliphatic carbocycles. The molecule has 4 aromatic carbocycles. The van der Waals surface area contributed by atoms with Crippen LogP contribution in [0.15, 0.2) is 110 Å². The summed E-state index contributed by atoms with van der Waals surface area (Å²) in [7, 11) is 0. The molecule has 1 aliphatic rings. The number of hydrogen-bond donors (Lipinski definition) is 0. The average Bonchev–Trinajstić information content (AvgIpc) is 3.69. The van der Waals surface area contributed by atoms with Gasteiger partial charge in [0.2, 0.25) is 0 Å². The largest absolute Gasteiger partial charge is 2.00 e. The maximum Gasteiger partial charge on any atom is 2.00 e. The van der Waals surface area contributed by atoms with E-state index in [0.717, 1.165) is 55.4 Å². The molecule has 0 unspecified atom stereocenters. The van der Waals surface area contributed by atoms with Crippen LogP contribution in [0.3, 0.4) is 0 Å². The van der Waals surface area contributed by atoms with Gasteiger partial charge in [0.05, 0.1) is 16.9 Å². The average molecular weight is 801 g/mol. The number of para-hydroxylation sites is 1. The molecule has 0 radical (unpaired) electrons. The van der Waals surface area contributed by atoms with E-state index in [1.807, 2.05) is 48.8 Å². The smallest absolute Gasteiger partial charge is 0.503 e. The summed E-state index contributed by atoms with van der Waals surface area (Å²) in [5.41, 5.74) is 10.1. The van der Waals surface area contributed by atoms with Crippen LogP contribution in [0.2, 0.25) is 0 Å². The van der Waals surface area contributed by atoms with Crippen LogP contribution in [0.25, 0.3) is 66.3 Å². The number of aromatic nitrogens is 5. The number of hydrogen-bond acceptors (Lipinski definition) is 4. The summed E-state index contributed by atoms with van der Waals surface area (Å²) >= 11 is 0. The van der Waals surface area contributed by atoms with Gasteiger partial charge in [-0.2, -0.15) is 6.07 Å². The van der Waals surface area contributed by atoms with Gasteiger partial charge in [-0.1, -0.05) is 84.9 Å². The van der Waals surface area contributed by atoms with Crippen LogP contribution in [0, 0.1) is 19.1 Å². The van der Waals surface area contributed by atoms with E-state index in [-0.39, 0.29) is 26.5 Å². The van der Waals surface area contributed by atoms with Crippen LogP contribution in [0.1, 0.15) is 30.5 Å². The summed E-state index contributed by atoms with van der Waals surface area (Å²) in [6, 6.07) is 38.5. The van der Waals surface area contributed by atoms with Crippen molar-refractivity contribution in [3.8, 4) is 28.4 Å². The zero-order chi connectivity index (χ0) is 31.4. The number of pyridine rings is 3. The Morgan fingerprint density at radius 2 is 1.40 bits per heavy atom. The van der Waals surface area contributed by atoms with Crippen molar-refractivity contribution in [1.29, 1.82) is 0 Å². The molecule has 48 heavy (non-hydrogen) atoms. The van der Waals surface area contributed by atoms with Crippen molar-refractivity contribution in [3.05, 3.63) is 138 Å². The second-order valence-corrected chi connectivity index (χ2v) is 12.8. The minimum atomic E-state index is -0.223. The van der Waals surface area contributed by atoms with Gasteiger partial charge in [0.1, 0.15) is 11.3 Å². The topological polar surface area (TPSA) is 57.2 Å². The van der Waals surface area contributed by atoms with E-state index in [1.165, 1.54) is 27.6 Å². The molecule has 0 N–H and O–H groups in total. The fourth-order valence-corrected chi connectivity index (χ4v) is 7.52. The van der Waals surface area contributed by atoms with Crippen molar-refractivity contribution in [1.82, 2.24) is 23.9 Å². The molecule has 7 heteroatoms. The van der Waals surface area contributed by atoms with Gasteiger partial charge in [0.25, 0.3) is 0 Å². The summed E-state index contributed by atoms with van der Waals surface area (Å²) in [6.07, 6.45) is 5.75. The Morgan fingerprint density at radius 1 is 0.667 bits per heavy atom. The number of benzene rings is 4. The minimum Gasteiger partial charge on any atom is -0.503 e. The summed E-state index contributed by atoms with van der Waals surface area (Å²) in [4.78, 5) is 14.7. The molecule has 0 bridgehead atoms. The van der Waals surface area contributed by atoms with E-state index in [1.54, 1.807) is 0 Å². The standard InChI is InChI=1S/C41H27N5O.Pt/c1-24-9-4-5-10-27(24)35-23-45-38-30(12-7-19-42-38)28-17-15-25(21-32(28)40(45)44-35)47-26-16-18-33-36(22-26)46-37-29(31-13-8-20-43-39(31)46)11-6-14-34(37)41(33,2)3;/h4-20,23H,1-3H3;/q-2;+2. The minimum absolute atomic E-state index is 0. The van der Waals surface area contributed by atoms with Gasteiger partial charge in [-0.3, -0.25) is 4.98 Å². The van der Waals surface area contributed by atoms with Crippen molar-refractivity contribution < 1.29 is 25.8 Å². The fourth-order valence-electron chi connectivity index (χ4n) is 7.52. The predicted molar refractivity (Wildman–Crippen MR) is 187 cm³/mol. The molecule has 232 valence electrons. The molecule has 9 aromatic rings. The van der Waals surface area contributed by atoms with E-state index < -0.39 is 0 Å². The Hall–Kier alpha value is -5.32. The molecule has 10 rings (SSSR count). The van der Waals surface area contributed by atoms with Crippen molar-refractivity contribution in [3.63, 3.8) is 0 Å². The first-order valence-electron chi connectivity index (χ1n) is 15.8. The third kappa shape index (κ3) is 3.93. The van der Waals surface area contributed by atoms with E-state index in [2.05, 4.69) is 103 Å². The van der Waals surface area contributed by atoms with Crippen LogP contribution in [-0.2, 0) is 26.5 Å². The number of aryl methyl sites for hydroxylation is 1. The van der Waals surface area contributed by atoms with Crippen molar-refractivity contribution >= 4 is 49.4 Å². The molecule has 6 nitrogen and oxygen atoms in total. The van der Waals surface area contributed by atoms with Gasteiger partial charge in [0.15, 0.2) is 0 Å². The Morgan fingerprint density at radius 3 is 2.23 bits per heavy atom. The maximum atomic E-state index is 6.57.